The predicted molar refractivity (Wildman–Crippen MR) is 106 cm³/mol. The molecule has 4 rings (SSSR count). The molecule has 1 aliphatic rings. The summed E-state index contributed by atoms with van der Waals surface area (Å²) in [4.78, 5) is 14.5. The van der Waals surface area contributed by atoms with E-state index >= 15 is 0 Å². The summed E-state index contributed by atoms with van der Waals surface area (Å²) in [6, 6.07) is 17.5. The van der Waals surface area contributed by atoms with Crippen molar-refractivity contribution >= 4 is 11.4 Å². The van der Waals surface area contributed by atoms with Crippen molar-refractivity contribution in [1.82, 2.24) is 25.7 Å². The number of hydrogen-bond acceptors (Lipinski definition) is 7. The Kier molecular flexibility index (Phi) is 5.37. The minimum absolute atomic E-state index is 0.214. The van der Waals surface area contributed by atoms with Gasteiger partial charge in [-0.3, -0.25) is 10.3 Å². The van der Waals surface area contributed by atoms with Gasteiger partial charge >= 0.3 is 6.01 Å². The number of hydrazine groups is 2. The van der Waals surface area contributed by atoms with Crippen molar-refractivity contribution in [3.05, 3.63) is 83.9 Å². The van der Waals surface area contributed by atoms with Crippen LogP contribution < -0.4 is 10.2 Å². The highest BCUT2D eigenvalue weighted by molar-refractivity contribution is 5.88. The van der Waals surface area contributed by atoms with Gasteiger partial charge < -0.3 is 4.74 Å². The Balaban J connectivity index is 1.76. The van der Waals surface area contributed by atoms with Crippen LogP contribution in [0.5, 0.6) is 11.8 Å². The first-order valence-corrected chi connectivity index (χ1v) is 9.15. The minimum atomic E-state index is -0.301. The molecule has 0 bridgehead atoms. The van der Waals surface area contributed by atoms with Crippen molar-refractivity contribution in [3.63, 3.8) is 0 Å². The van der Waals surface area contributed by atoms with Gasteiger partial charge in [0.25, 0.3) is 0 Å². The molecule has 1 N–H and O–H groups in total. The van der Waals surface area contributed by atoms with Crippen molar-refractivity contribution in [2.24, 2.45) is 0 Å². The van der Waals surface area contributed by atoms with Gasteiger partial charge in [-0.25, -0.2) is 9.37 Å². The van der Waals surface area contributed by atoms with Crippen LogP contribution in [0.15, 0.2) is 66.9 Å². The number of nitrogens with zero attached hydrogens (tertiary/aromatic N) is 4. The first kappa shape index (κ1) is 18.9. The van der Waals surface area contributed by atoms with Crippen LogP contribution >= 0.6 is 0 Å². The number of aromatic nitrogens is 2. The molecular formula is C21H20FN5O2. The summed E-state index contributed by atoms with van der Waals surface area (Å²) < 4.78 is 19.2. The van der Waals surface area contributed by atoms with Crippen molar-refractivity contribution in [3.8, 4) is 11.8 Å². The monoisotopic (exact) mass is 393 g/mol. The normalized spacial score (nSPS) is 14.2. The summed E-state index contributed by atoms with van der Waals surface area (Å²) in [6.07, 6.45) is 1.62. The molecule has 1 aliphatic heterocycles. The van der Waals surface area contributed by atoms with Crippen molar-refractivity contribution < 1.29 is 14.0 Å². The van der Waals surface area contributed by atoms with E-state index in [0.717, 1.165) is 11.3 Å². The SMILES string of the molecule is CCON1C(c2ccnc(Oc3ccccc3)n2)=C(c2ccc(F)cc2)NN1C. The molecule has 0 fully saturated rings. The number of rotatable bonds is 6. The van der Waals surface area contributed by atoms with Gasteiger partial charge in [-0.2, -0.15) is 10.2 Å². The fourth-order valence-electron chi connectivity index (χ4n) is 2.94. The highest BCUT2D eigenvalue weighted by Gasteiger charge is 2.31. The molecule has 0 saturated carbocycles. The van der Waals surface area contributed by atoms with Gasteiger partial charge in [0.2, 0.25) is 0 Å². The summed E-state index contributed by atoms with van der Waals surface area (Å²) in [7, 11) is 1.81. The molecule has 29 heavy (non-hydrogen) atoms. The Labute approximate surface area is 167 Å². The Morgan fingerprint density at radius 2 is 1.79 bits per heavy atom. The summed E-state index contributed by atoms with van der Waals surface area (Å²) in [5.41, 5.74) is 6.01. The average molecular weight is 393 g/mol. The van der Waals surface area contributed by atoms with Gasteiger partial charge in [-0.05, 0) is 49.4 Å². The minimum Gasteiger partial charge on any atom is -0.424 e. The number of benzene rings is 2. The predicted octanol–water partition coefficient (Wildman–Crippen LogP) is 3.85. The first-order valence-electron chi connectivity index (χ1n) is 9.15. The summed E-state index contributed by atoms with van der Waals surface area (Å²) in [5.74, 6) is 0.338. The van der Waals surface area contributed by atoms with E-state index in [9.17, 15) is 4.39 Å². The van der Waals surface area contributed by atoms with Crippen LogP contribution in [0.1, 0.15) is 18.2 Å². The maximum absolute atomic E-state index is 13.4. The molecule has 3 aromatic rings. The van der Waals surface area contributed by atoms with E-state index in [2.05, 4.69) is 15.4 Å². The zero-order valence-electron chi connectivity index (χ0n) is 16.0. The molecule has 8 heteroatoms. The summed E-state index contributed by atoms with van der Waals surface area (Å²) in [5, 5.41) is 3.30. The number of ether oxygens (including phenoxy) is 1. The molecule has 0 aliphatic carbocycles. The van der Waals surface area contributed by atoms with Gasteiger partial charge in [0.1, 0.15) is 17.3 Å². The van der Waals surface area contributed by atoms with E-state index in [1.54, 1.807) is 34.7 Å². The van der Waals surface area contributed by atoms with Crippen LogP contribution in [0.3, 0.4) is 0 Å². The van der Waals surface area contributed by atoms with Gasteiger partial charge in [0, 0.05) is 18.8 Å². The summed E-state index contributed by atoms with van der Waals surface area (Å²) in [6.45, 7) is 2.34. The molecule has 7 nitrogen and oxygen atoms in total. The number of nitrogens with one attached hydrogen (secondary N) is 1. The van der Waals surface area contributed by atoms with E-state index in [1.807, 2.05) is 44.3 Å². The lowest BCUT2D eigenvalue weighted by atomic mass is 10.1. The number of hydroxylamine groups is 1. The van der Waals surface area contributed by atoms with E-state index in [4.69, 9.17) is 9.57 Å². The fraction of sp³-hybridized carbons (Fsp3) is 0.143. The third kappa shape index (κ3) is 4.03. The third-order valence-electron chi connectivity index (χ3n) is 4.19. The smallest absolute Gasteiger partial charge is 0.322 e. The lowest BCUT2D eigenvalue weighted by Gasteiger charge is -2.25. The van der Waals surface area contributed by atoms with Crippen LogP contribution in [0.4, 0.5) is 4.39 Å². The molecule has 0 spiro atoms. The van der Waals surface area contributed by atoms with Crippen LogP contribution in [-0.2, 0) is 4.84 Å². The van der Waals surface area contributed by atoms with Crippen molar-refractivity contribution in [2.45, 2.75) is 6.92 Å². The van der Waals surface area contributed by atoms with Gasteiger partial charge in [0.15, 0.2) is 0 Å². The third-order valence-corrected chi connectivity index (χ3v) is 4.19. The van der Waals surface area contributed by atoms with Crippen LogP contribution in [-0.4, -0.2) is 33.9 Å². The molecule has 1 aromatic heterocycles. The number of para-hydroxylation sites is 1. The van der Waals surface area contributed by atoms with Crippen LogP contribution in [0, 0.1) is 5.82 Å². The molecule has 2 aromatic carbocycles. The highest BCUT2D eigenvalue weighted by atomic mass is 19.1. The summed E-state index contributed by atoms with van der Waals surface area (Å²) >= 11 is 0. The molecule has 0 atom stereocenters. The van der Waals surface area contributed by atoms with E-state index in [1.165, 1.54) is 12.1 Å². The van der Waals surface area contributed by atoms with Crippen molar-refractivity contribution in [2.75, 3.05) is 13.7 Å². The maximum atomic E-state index is 13.4. The lowest BCUT2D eigenvalue weighted by Crippen LogP contribution is -2.39. The molecule has 2 heterocycles. The Morgan fingerprint density at radius 1 is 1.03 bits per heavy atom. The lowest BCUT2D eigenvalue weighted by molar-refractivity contribution is -0.231. The molecular weight excluding hydrogens is 373 g/mol. The number of hydrogen-bond donors (Lipinski definition) is 1. The molecule has 0 saturated heterocycles. The van der Waals surface area contributed by atoms with Gasteiger partial charge in [-0.15, -0.1) is 5.12 Å². The maximum Gasteiger partial charge on any atom is 0.322 e. The standard InChI is InChI=1S/C21H20FN5O2/c1-3-28-27-20(19(25-26(27)2)15-9-11-16(22)12-10-15)18-13-14-23-21(24-18)29-17-7-5-4-6-8-17/h4-14,25H,3H2,1-2H3. The quantitative estimate of drug-likeness (QED) is 0.682. The molecule has 148 valence electrons. The second kappa shape index (κ2) is 8.26. The van der Waals surface area contributed by atoms with E-state index in [-0.39, 0.29) is 11.8 Å². The largest absolute Gasteiger partial charge is 0.424 e. The second-order valence-electron chi connectivity index (χ2n) is 6.20. The second-order valence-corrected chi connectivity index (χ2v) is 6.20. The molecule has 0 radical (unpaired) electrons. The van der Waals surface area contributed by atoms with E-state index < -0.39 is 0 Å². The Hall–Kier alpha value is -3.49. The van der Waals surface area contributed by atoms with Crippen molar-refractivity contribution in [1.29, 1.82) is 0 Å². The fourth-order valence-corrected chi connectivity index (χ4v) is 2.94. The Bertz CT molecular complexity index is 1010. The zero-order valence-corrected chi connectivity index (χ0v) is 16.0. The average Bonchev–Trinajstić information content (AvgIpc) is 3.06. The molecule has 0 amide bonds. The first-order chi connectivity index (χ1) is 14.2. The topological polar surface area (TPSA) is 62.8 Å². The Morgan fingerprint density at radius 3 is 2.52 bits per heavy atom. The van der Waals surface area contributed by atoms with Gasteiger partial charge in [0.05, 0.1) is 18.0 Å². The van der Waals surface area contributed by atoms with E-state index in [0.29, 0.717) is 23.7 Å². The number of halogens is 1. The molecule has 0 unspecified atom stereocenters. The van der Waals surface area contributed by atoms with Crippen LogP contribution in [0.25, 0.3) is 11.4 Å². The highest BCUT2D eigenvalue weighted by Crippen LogP contribution is 2.33. The van der Waals surface area contributed by atoms with Gasteiger partial charge in [-0.1, -0.05) is 18.2 Å². The van der Waals surface area contributed by atoms with Crippen LogP contribution in [0.2, 0.25) is 0 Å². The zero-order chi connectivity index (χ0) is 20.2.